The first-order chi connectivity index (χ1) is 15.7. The molecule has 2 aliphatic heterocycles. The van der Waals surface area contributed by atoms with E-state index in [0.29, 0.717) is 23.0 Å². The normalized spacial score (nSPS) is 20.9. The smallest absolute Gasteiger partial charge is 0.240 e. The molecule has 0 aliphatic carbocycles. The number of carbonyl (C=O) groups excluding carboxylic acids is 2. The van der Waals surface area contributed by atoms with Gasteiger partial charge in [-0.25, -0.2) is 13.1 Å². The molecule has 0 bridgehead atoms. The number of amides is 2. The van der Waals surface area contributed by atoms with Crippen LogP contribution in [0.25, 0.3) is 0 Å². The van der Waals surface area contributed by atoms with Crippen molar-refractivity contribution in [3.05, 3.63) is 53.1 Å². The molecule has 0 spiro atoms. The molecule has 2 amide bonds. The highest BCUT2D eigenvalue weighted by molar-refractivity contribution is 7.89. The van der Waals surface area contributed by atoms with E-state index < -0.39 is 15.9 Å². The zero-order chi connectivity index (χ0) is 23.6. The maximum absolute atomic E-state index is 12.7. The largest absolute Gasteiger partial charge is 0.377 e. The fourth-order valence-corrected chi connectivity index (χ4v) is 5.18. The van der Waals surface area contributed by atoms with E-state index >= 15 is 0 Å². The lowest BCUT2D eigenvalue weighted by atomic mass is 10.1. The van der Waals surface area contributed by atoms with Crippen LogP contribution in [0.4, 0.5) is 11.4 Å². The maximum atomic E-state index is 12.7. The summed E-state index contributed by atoms with van der Waals surface area (Å²) in [6.45, 7) is 3.03. The van der Waals surface area contributed by atoms with E-state index in [4.69, 9.17) is 16.3 Å². The number of sulfonamides is 1. The predicted octanol–water partition coefficient (Wildman–Crippen LogP) is 3.10. The number of rotatable bonds is 7. The summed E-state index contributed by atoms with van der Waals surface area (Å²) in [6.07, 6.45) is 1.77. The molecule has 4 rings (SSSR count). The second-order valence-electron chi connectivity index (χ2n) is 8.34. The number of hydrogen-bond donors (Lipinski definition) is 2. The molecule has 8 nitrogen and oxygen atoms in total. The Labute approximate surface area is 198 Å². The Balaban J connectivity index is 1.35. The number of halogens is 1. The molecule has 2 heterocycles. The van der Waals surface area contributed by atoms with Crippen molar-refractivity contribution in [3.8, 4) is 0 Å². The van der Waals surface area contributed by atoms with E-state index in [9.17, 15) is 18.0 Å². The van der Waals surface area contributed by atoms with Crippen LogP contribution in [0, 0.1) is 12.8 Å². The minimum absolute atomic E-state index is 0.0942. The first kappa shape index (κ1) is 23.7. The number of nitrogens with zero attached hydrogens (tertiary/aromatic N) is 1. The van der Waals surface area contributed by atoms with Gasteiger partial charge in [0, 0.05) is 42.5 Å². The van der Waals surface area contributed by atoms with Gasteiger partial charge >= 0.3 is 0 Å². The summed E-state index contributed by atoms with van der Waals surface area (Å²) in [7, 11) is -3.67. The lowest BCUT2D eigenvalue weighted by molar-refractivity contribution is -0.122. The van der Waals surface area contributed by atoms with Gasteiger partial charge < -0.3 is 15.0 Å². The number of benzene rings is 2. The van der Waals surface area contributed by atoms with Crippen LogP contribution in [0.3, 0.4) is 0 Å². The average molecular weight is 492 g/mol. The number of ether oxygens (including phenoxy) is 1. The minimum atomic E-state index is -3.67. The Bertz CT molecular complexity index is 1150. The van der Waals surface area contributed by atoms with Gasteiger partial charge in [0.25, 0.3) is 0 Å². The quantitative estimate of drug-likeness (QED) is 0.619. The Hall–Kier alpha value is -2.46. The molecule has 0 saturated carbocycles. The van der Waals surface area contributed by atoms with Crippen molar-refractivity contribution < 1.29 is 22.7 Å². The molecule has 2 fully saturated rings. The highest BCUT2D eigenvalue weighted by atomic mass is 35.5. The van der Waals surface area contributed by atoms with Crippen molar-refractivity contribution in [1.82, 2.24) is 4.72 Å². The highest BCUT2D eigenvalue weighted by Gasteiger charge is 2.35. The maximum Gasteiger partial charge on any atom is 0.240 e. The molecule has 176 valence electrons. The SMILES string of the molecule is Cc1ccc(N2C[C@H](C(=O)Nc3ccc(S(=O)(=O)NC[C@@H]4CCCO4)cc3)CC2=O)cc1Cl. The number of nitrogens with one attached hydrogen (secondary N) is 2. The van der Waals surface area contributed by atoms with E-state index in [1.807, 2.05) is 19.1 Å². The van der Waals surface area contributed by atoms with Crippen molar-refractivity contribution in [2.24, 2.45) is 5.92 Å². The highest BCUT2D eigenvalue weighted by Crippen LogP contribution is 2.29. The third-order valence-electron chi connectivity index (χ3n) is 5.92. The number of anilines is 2. The monoisotopic (exact) mass is 491 g/mol. The Morgan fingerprint density at radius 1 is 1.21 bits per heavy atom. The van der Waals surface area contributed by atoms with Gasteiger partial charge in [0.05, 0.1) is 16.9 Å². The second kappa shape index (κ2) is 9.80. The topological polar surface area (TPSA) is 105 Å². The van der Waals surface area contributed by atoms with E-state index in [0.717, 1.165) is 18.4 Å². The molecular formula is C23H26ClN3O5S. The van der Waals surface area contributed by atoms with Crippen molar-refractivity contribution in [2.45, 2.75) is 37.2 Å². The van der Waals surface area contributed by atoms with Gasteiger partial charge in [0.1, 0.15) is 0 Å². The Morgan fingerprint density at radius 2 is 1.97 bits per heavy atom. The third-order valence-corrected chi connectivity index (χ3v) is 7.77. The summed E-state index contributed by atoms with van der Waals surface area (Å²) in [5.74, 6) is -0.959. The number of aryl methyl sites for hydroxylation is 1. The summed E-state index contributed by atoms with van der Waals surface area (Å²) in [5.41, 5.74) is 2.03. The van der Waals surface area contributed by atoms with Gasteiger partial charge in [-0.3, -0.25) is 9.59 Å². The molecule has 0 unspecified atom stereocenters. The van der Waals surface area contributed by atoms with Crippen molar-refractivity contribution in [3.63, 3.8) is 0 Å². The molecule has 2 N–H and O–H groups in total. The van der Waals surface area contributed by atoms with Crippen molar-refractivity contribution in [2.75, 3.05) is 29.9 Å². The summed E-state index contributed by atoms with van der Waals surface area (Å²) in [6, 6.07) is 11.3. The Morgan fingerprint density at radius 3 is 2.64 bits per heavy atom. The minimum Gasteiger partial charge on any atom is -0.377 e. The van der Waals surface area contributed by atoms with Gasteiger partial charge in [-0.2, -0.15) is 0 Å². The van der Waals surface area contributed by atoms with Crippen LogP contribution in [-0.4, -0.2) is 46.0 Å². The lowest BCUT2D eigenvalue weighted by Crippen LogP contribution is -2.31. The summed E-state index contributed by atoms with van der Waals surface area (Å²) in [4.78, 5) is 26.9. The molecular weight excluding hydrogens is 466 g/mol. The average Bonchev–Trinajstić information content (AvgIpc) is 3.44. The van der Waals surface area contributed by atoms with Crippen LogP contribution in [0.2, 0.25) is 5.02 Å². The fourth-order valence-electron chi connectivity index (χ4n) is 3.94. The van der Waals surface area contributed by atoms with Gasteiger partial charge in [-0.15, -0.1) is 0 Å². The summed E-state index contributed by atoms with van der Waals surface area (Å²) in [5, 5.41) is 3.34. The zero-order valence-corrected chi connectivity index (χ0v) is 19.8. The number of carbonyl (C=O) groups is 2. The molecule has 2 aliphatic rings. The van der Waals surface area contributed by atoms with Gasteiger partial charge in [0.2, 0.25) is 21.8 Å². The van der Waals surface area contributed by atoms with Crippen LogP contribution >= 0.6 is 11.6 Å². The first-order valence-corrected chi connectivity index (χ1v) is 12.7. The van der Waals surface area contributed by atoms with Crippen LogP contribution in [0.5, 0.6) is 0 Å². The van der Waals surface area contributed by atoms with Gasteiger partial charge in [0.15, 0.2) is 0 Å². The standard InChI is InChI=1S/C23H26ClN3O5S/c1-15-4-7-18(12-21(15)24)27-14-16(11-22(27)28)23(29)26-17-5-8-20(9-6-17)33(30,31)25-13-19-3-2-10-32-19/h4-9,12,16,19,25H,2-3,10-11,13-14H2,1H3,(H,26,29)/t16-,19+/m1/s1. The van der Waals surface area contributed by atoms with Crippen molar-refractivity contribution in [1.29, 1.82) is 0 Å². The molecule has 10 heteroatoms. The van der Waals surface area contributed by atoms with Crippen LogP contribution in [0.1, 0.15) is 24.8 Å². The molecule has 0 aromatic heterocycles. The zero-order valence-electron chi connectivity index (χ0n) is 18.2. The lowest BCUT2D eigenvalue weighted by Gasteiger charge is -2.17. The second-order valence-corrected chi connectivity index (χ2v) is 10.5. The molecule has 33 heavy (non-hydrogen) atoms. The van der Waals surface area contributed by atoms with E-state index in [2.05, 4.69) is 10.0 Å². The van der Waals surface area contributed by atoms with Gasteiger partial charge in [-0.1, -0.05) is 17.7 Å². The van der Waals surface area contributed by atoms with Gasteiger partial charge in [-0.05, 0) is 61.7 Å². The summed E-state index contributed by atoms with van der Waals surface area (Å²) >= 11 is 6.17. The van der Waals surface area contributed by atoms with Crippen molar-refractivity contribution >= 4 is 44.8 Å². The molecule has 2 atom stereocenters. The van der Waals surface area contributed by atoms with Crippen LogP contribution in [-0.2, 0) is 24.3 Å². The van der Waals surface area contributed by atoms with E-state index in [1.165, 1.54) is 24.3 Å². The molecule has 2 saturated heterocycles. The summed E-state index contributed by atoms with van der Waals surface area (Å²) < 4.78 is 33.0. The molecule has 0 radical (unpaired) electrons. The third kappa shape index (κ3) is 5.55. The molecule has 2 aromatic carbocycles. The van der Waals surface area contributed by atoms with E-state index in [-0.39, 0.29) is 42.3 Å². The van der Waals surface area contributed by atoms with E-state index in [1.54, 1.807) is 11.0 Å². The molecule has 2 aromatic rings. The van der Waals surface area contributed by atoms with Crippen LogP contribution in [0.15, 0.2) is 47.4 Å². The predicted molar refractivity (Wildman–Crippen MR) is 126 cm³/mol. The van der Waals surface area contributed by atoms with Crippen LogP contribution < -0.4 is 14.9 Å². The number of hydrogen-bond acceptors (Lipinski definition) is 5. The fraction of sp³-hybridized carbons (Fsp3) is 0.391. The Kier molecular flexibility index (Phi) is 7.04. The first-order valence-electron chi connectivity index (χ1n) is 10.8.